The third-order valence-corrected chi connectivity index (χ3v) is 5.93. The zero-order chi connectivity index (χ0) is 18.9. The normalized spacial score (nSPS) is 15.8. The molecule has 1 aliphatic rings. The van der Waals surface area contributed by atoms with E-state index >= 15 is 0 Å². The fourth-order valence-electron chi connectivity index (χ4n) is 2.73. The Morgan fingerprint density at radius 2 is 1.81 bits per heavy atom. The molecule has 2 aromatic rings. The predicted octanol–water partition coefficient (Wildman–Crippen LogP) is 1.78. The van der Waals surface area contributed by atoms with Gasteiger partial charge in [0.15, 0.2) is 0 Å². The lowest BCUT2D eigenvalue weighted by atomic mass is 10.3. The number of sulfonamides is 1. The molecule has 1 aliphatic heterocycles. The van der Waals surface area contributed by atoms with Gasteiger partial charge in [0.2, 0.25) is 15.8 Å². The molecule has 0 saturated carbocycles. The molecule has 0 aliphatic carbocycles. The minimum atomic E-state index is -4.21. The Bertz CT molecular complexity index is 946. The summed E-state index contributed by atoms with van der Waals surface area (Å²) in [5.74, 6) is -1.74. The van der Waals surface area contributed by atoms with Crippen LogP contribution in [0.25, 0.3) is 0 Å². The molecule has 0 amide bonds. The largest absolute Gasteiger partial charge is 0.348 e. The number of anilines is 1. The molecule has 0 atom stereocenters. The zero-order valence-corrected chi connectivity index (χ0v) is 14.2. The first-order chi connectivity index (χ1) is 12.3. The second kappa shape index (κ2) is 6.92. The first-order valence-corrected chi connectivity index (χ1v) is 9.04. The lowest BCUT2D eigenvalue weighted by Crippen LogP contribution is -2.49. The minimum absolute atomic E-state index is 0.0357. The molecule has 1 fully saturated rings. The van der Waals surface area contributed by atoms with E-state index in [0.717, 1.165) is 16.4 Å². The van der Waals surface area contributed by atoms with E-state index in [4.69, 9.17) is 0 Å². The highest BCUT2D eigenvalue weighted by atomic mass is 32.2. The standard InChI is InChI=1S/C15H14F2N4O4S/c16-11-3-4-12(17)14(10-11)26(24,25)20-8-6-19(7-9-20)15-13(21(22)23)2-1-5-18-15/h1-5,10H,6-9H2. The third kappa shape index (κ3) is 3.35. The van der Waals surface area contributed by atoms with Crippen LogP contribution in [0.5, 0.6) is 0 Å². The molecular weight excluding hydrogens is 370 g/mol. The van der Waals surface area contributed by atoms with Crippen LogP contribution >= 0.6 is 0 Å². The number of benzene rings is 1. The van der Waals surface area contributed by atoms with E-state index in [2.05, 4.69) is 4.98 Å². The highest BCUT2D eigenvalue weighted by Gasteiger charge is 2.33. The van der Waals surface area contributed by atoms with Gasteiger partial charge in [0.25, 0.3) is 0 Å². The molecule has 1 saturated heterocycles. The topological polar surface area (TPSA) is 96.7 Å². The molecule has 0 N–H and O–H groups in total. The van der Waals surface area contributed by atoms with E-state index in [0.29, 0.717) is 6.07 Å². The lowest BCUT2D eigenvalue weighted by Gasteiger charge is -2.34. The smallest absolute Gasteiger partial charge is 0.311 e. The highest BCUT2D eigenvalue weighted by molar-refractivity contribution is 7.89. The van der Waals surface area contributed by atoms with E-state index in [1.165, 1.54) is 18.3 Å². The Labute approximate surface area is 147 Å². The third-order valence-electron chi connectivity index (χ3n) is 4.01. The molecule has 2 heterocycles. The number of rotatable bonds is 4. The fourth-order valence-corrected chi connectivity index (χ4v) is 4.23. The zero-order valence-electron chi connectivity index (χ0n) is 13.4. The molecule has 11 heteroatoms. The first kappa shape index (κ1) is 18.1. The van der Waals surface area contributed by atoms with E-state index in [-0.39, 0.29) is 37.7 Å². The molecule has 0 bridgehead atoms. The van der Waals surface area contributed by atoms with Crippen LogP contribution in [0, 0.1) is 21.7 Å². The average molecular weight is 384 g/mol. The lowest BCUT2D eigenvalue weighted by molar-refractivity contribution is -0.384. The molecule has 0 spiro atoms. The molecule has 8 nitrogen and oxygen atoms in total. The monoisotopic (exact) mass is 384 g/mol. The summed E-state index contributed by atoms with van der Waals surface area (Å²) >= 11 is 0. The summed E-state index contributed by atoms with van der Waals surface area (Å²) in [4.78, 5) is 15.4. The summed E-state index contributed by atoms with van der Waals surface area (Å²) in [6.07, 6.45) is 1.41. The Balaban J connectivity index is 1.81. The molecule has 1 aromatic carbocycles. The van der Waals surface area contributed by atoms with Crippen molar-refractivity contribution in [3.63, 3.8) is 0 Å². The Kier molecular flexibility index (Phi) is 4.83. The van der Waals surface area contributed by atoms with Crippen LogP contribution in [0.15, 0.2) is 41.4 Å². The predicted molar refractivity (Wildman–Crippen MR) is 88.2 cm³/mol. The summed E-state index contributed by atoms with van der Waals surface area (Å²) < 4.78 is 53.3. The van der Waals surface area contributed by atoms with Crippen molar-refractivity contribution in [2.45, 2.75) is 4.90 Å². The van der Waals surface area contributed by atoms with Gasteiger partial charge in [0, 0.05) is 38.4 Å². The SMILES string of the molecule is O=[N+]([O-])c1cccnc1N1CCN(S(=O)(=O)c2cc(F)ccc2F)CC1. The molecular formula is C15H14F2N4O4S. The van der Waals surface area contributed by atoms with Crippen LogP contribution in [0.4, 0.5) is 20.3 Å². The number of halogens is 2. The van der Waals surface area contributed by atoms with Gasteiger partial charge in [-0.05, 0) is 24.3 Å². The van der Waals surface area contributed by atoms with Gasteiger partial charge in [0.1, 0.15) is 16.5 Å². The second-order valence-electron chi connectivity index (χ2n) is 5.57. The number of hydrogen-bond acceptors (Lipinski definition) is 6. The van der Waals surface area contributed by atoms with Gasteiger partial charge in [-0.15, -0.1) is 0 Å². The van der Waals surface area contributed by atoms with Crippen LogP contribution in [0.2, 0.25) is 0 Å². The maximum absolute atomic E-state index is 13.8. The van der Waals surface area contributed by atoms with Gasteiger partial charge in [-0.1, -0.05) is 0 Å². The minimum Gasteiger partial charge on any atom is -0.348 e. The van der Waals surface area contributed by atoms with Crippen LogP contribution < -0.4 is 4.90 Å². The quantitative estimate of drug-likeness (QED) is 0.589. The van der Waals surface area contributed by atoms with Gasteiger partial charge in [-0.3, -0.25) is 10.1 Å². The summed E-state index contributed by atoms with van der Waals surface area (Å²) in [5.41, 5.74) is -0.181. The van der Waals surface area contributed by atoms with Crippen LogP contribution in [-0.2, 0) is 10.0 Å². The van der Waals surface area contributed by atoms with Gasteiger partial charge in [-0.2, -0.15) is 4.31 Å². The average Bonchev–Trinajstić information content (AvgIpc) is 2.63. The first-order valence-electron chi connectivity index (χ1n) is 7.60. The van der Waals surface area contributed by atoms with Gasteiger partial charge >= 0.3 is 5.69 Å². The number of aromatic nitrogens is 1. The van der Waals surface area contributed by atoms with Gasteiger partial charge in [0.05, 0.1) is 4.92 Å². The van der Waals surface area contributed by atoms with E-state index in [1.807, 2.05) is 0 Å². The van der Waals surface area contributed by atoms with Crippen LogP contribution in [-0.4, -0.2) is 48.8 Å². The summed E-state index contributed by atoms with van der Waals surface area (Å²) in [6.45, 7) is 0.195. The van der Waals surface area contributed by atoms with Crippen molar-refractivity contribution in [3.05, 3.63) is 58.3 Å². The van der Waals surface area contributed by atoms with E-state index < -0.39 is 31.5 Å². The fraction of sp³-hybridized carbons (Fsp3) is 0.267. The van der Waals surface area contributed by atoms with E-state index in [1.54, 1.807) is 4.90 Å². The molecule has 0 radical (unpaired) electrons. The number of nitrogens with zero attached hydrogens (tertiary/aromatic N) is 4. The Morgan fingerprint density at radius 3 is 2.46 bits per heavy atom. The Hall–Kier alpha value is -2.66. The molecule has 26 heavy (non-hydrogen) atoms. The van der Waals surface area contributed by atoms with Crippen molar-refractivity contribution in [1.29, 1.82) is 0 Å². The molecule has 3 rings (SSSR count). The molecule has 0 unspecified atom stereocenters. The number of pyridine rings is 1. The summed E-state index contributed by atoms with van der Waals surface area (Å²) in [6, 6.07) is 4.99. The second-order valence-corrected chi connectivity index (χ2v) is 7.48. The van der Waals surface area contributed by atoms with E-state index in [9.17, 15) is 27.3 Å². The Morgan fingerprint density at radius 1 is 1.12 bits per heavy atom. The van der Waals surface area contributed by atoms with Crippen molar-refractivity contribution >= 4 is 21.5 Å². The van der Waals surface area contributed by atoms with Crippen molar-refractivity contribution < 1.29 is 22.1 Å². The van der Waals surface area contributed by atoms with Gasteiger partial charge < -0.3 is 4.90 Å². The van der Waals surface area contributed by atoms with Crippen LogP contribution in [0.1, 0.15) is 0 Å². The highest BCUT2D eigenvalue weighted by Crippen LogP contribution is 2.27. The van der Waals surface area contributed by atoms with Crippen LogP contribution in [0.3, 0.4) is 0 Å². The van der Waals surface area contributed by atoms with Crippen molar-refractivity contribution in [2.24, 2.45) is 0 Å². The number of piperazine rings is 1. The molecule has 138 valence electrons. The van der Waals surface area contributed by atoms with Crippen molar-refractivity contribution in [3.8, 4) is 0 Å². The summed E-state index contributed by atoms with van der Waals surface area (Å²) in [7, 11) is -4.21. The van der Waals surface area contributed by atoms with Gasteiger partial charge in [-0.25, -0.2) is 22.2 Å². The summed E-state index contributed by atoms with van der Waals surface area (Å²) in [5, 5.41) is 11.1. The molecule has 1 aromatic heterocycles. The maximum atomic E-state index is 13.8. The van der Waals surface area contributed by atoms with Crippen molar-refractivity contribution in [1.82, 2.24) is 9.29 Å². The number of hydrogen-bond donors (Lipinski definition) is 0. The number of nitro groups is 1. The maximum Gasteiger partial charge on any atom is 0.311 e. The van der Waals surface area contributed by atoms with Crippen molar-refractivity contribution in [2.75, 3.05) is 31.1 Å².